The van der Waals surface area contributed by atoms with Gasteiger partial charge in [-0.05, 0) is 0 Å². The maximum atomic E-state index is 3.39. The predicted molar refractivity (Wildman–Crippen MR) is 138 cm³/mol. The maximum absolute atomic E-state index is 3.39. The molecule has 0 N–H and O–H groups in total. The Kier molecular flexibility index (Phi) is 19.5. The molecule has 0 amide bonds. The minimum absolute atomic E-state index is 0. The van der Waals surface area contributed by atoms with Crippen LogP contribution in [0.15, 0.2) is 72.3 Å². The number of allylic oxidation sites excluding steroid dienone is 4. The van der Waals surface area contributed by atoms with Crippen molar-refractivity contribution in [3.05, 3.63) is 110 Å². The molecule has 0 heterocycles. The van der Waals surface area contributed by atoms with Crippen LogP contribution in [-0.2, 0) is 21.6 Å². The van der Waals surface area contributed by atoms with Crippen molar-refractivity contribution in [2.45, 2.75) is 27.7 Å². The van der Waals surface area contributed by atoms with Crippen LogP contribution in [0, 0.1) is 40.7 Å². The van der Waals surface area contributed by atoms with Crippen molar-refractivity contribution in [3.63, 3.8) is 0 Å². The van der Waals surface area contributed by atoms with Crippen LogP contribution in [0.2, 0.25) is 0 Å². The second-order valence-electron chi connectivity index (χ2n) is 6.54. The van der Waals surface area contributed by atoms with E-state index in [-0.39, 0.29) is 39.7 Å². The molecule has 1 aliphatic rings. The average molecular weight is 579 g/mol. The molecule has 1 unspecified atom stereocenters. The van der Waals surface area contributed by atoms with Crippen LogP contribution in [0.5, 0.6) is 0 Å². The Balaban J connectivity index is -0.000000403. The zero-order valence-corrected chi connectivity index (χ0v) is 24.9. The molecule has 162 valence electrons. The Bertz CT molecular complexity index is 927. The third kappa shape index (κ3) is 8.95. The zero-order chi connectivity index (χ0) is 19.1. The number of fused-ring (bicyclic) bond motifs is 1. The van der Waals surface area contributed by atoms with Gasteiger partial charge in [0.1, 0.15) is 0 Å². The van der Waals surface area contributed by atoms with Gasteiger partial charge in [-0.15, -0.1) is 71.0 Å². The Hall–Kier alpha value is -0.464. The number of hydrogen-bond donors (Lipinski definition) is 0. The molecule has 0 aliphatic heterocycles. The molecule has 2 radical (unpaired) electrons. The molecule has 0 bridgehead atoms. The number of hydrogen-bond acceptors (Lipinski definition) is 0. The van der Waals surface area contributed by atoms with Crippen molar-refractivity contribution in [1.29, 1.82) is 0 Å². The first kappa shape index (κ1) is 34.2. The Labute approximate surface area is 216 Å². The van der Waals surface area contributed by atoms with Crippen LogP contribution in [0.3, 0.4) is 0 Å². The van der Waals surface area contributed by atoms with Crippen LogP contribution < -0.4 is 0 Å². The summed E-state index contributed by atoms with van der Waals surface area (Å²) < 4.78 is 0. The second kappa shape index (κ2) is 17.1. The van der Waals surface area contributed by atoms with Gasteiger partial charge in [0.25, 0.3) is 0 Å². The molecule has 0 aromatic heterocycles. The first-order valence-electron chi connectivity index (χ1n) is 8.80. The van der Waals surface area contributed by atoms with Crippen LogP contribution in [-0.4, -0.2) is 12.1 Å². The first-order valence-corrected chi connectivity index (χ1v) is 16.2. The molecule has 3 aromatic carbocycles. The molecule has 0 spiro atoms. The standard InChI is InChI=1S/C13H13.C11H11.2CH3.2ClH.Ge.Zr/c1-10-8-11(2)13(9-10)12-6-4-3-5-7-12;1-8-7-10-5-3-4-6-11(10)9(8)2;;;;;;/h3-7,9-10H,1-2H3;3-7H,1-2H3;2*1H3;2*1H;;/q4*-1;;;;. The number of halogens is 2. The summed E-state index contributed by atoms with van der Waals surface area (Å²) in [7, 11) is 0. The molecule has 0 saturated heterocycles. The van der Waals surface area contributed by atoms with Gasteiger partial charge in [0, 0.05) is 0 Å². The van der Waals surface area contributed by atoms with Crippen molar-refractivity contribution in [2.75, 3.05) is 0 Å². The van der Waals surface area contributed by atoms with Crippen LogP contribution in [0.1, 0.15) is 30.5 Å². The quantitative estimate of drug-likeness (QED) is 0.203. The van der Waals surface area contributed by atoms with E-state index in [0.717, 1.165) is 0 Å². The molecule has 3 aromatic rings. The summed E-state index contributed by atoms with van der Waals surface area (Å²) in [5.74, 6) is 0.468. The van der Waals surface area contributed by atoms with Crippen molar-refractivity contribution >= 4 is 53.3 Å². The number of benzene rings is 2. The third-order valence-corrected chi connectivity index (χ3v) is 4.68. The van der Waals surface area contributed by atoms with Crippen molar-refractivity contribution in [3.8, 4) is 0 Å². The summed E-state index contributed by atoms with van der Waals surface area (Å²) in [4.78, 5) is 0. The topological polar surface area (TPSA) is 0 Å². The fourth-order valence-electron chi connectivity index (χ4n) is 3.28. The second-order valence-corrected chi connectivity index (χ2v) is 6.54. The Morgan fingerprint density at radius 1 is 0.867 bits per heavy atom. The van der Waals surface area contributed by atoms with Crippen molar-refractivity contribution < 1.29 is 21.6 Å². The van der Waals surface area contributed by atoms with E-state index in [1.165, 1.54) is 38.6 Å². The van der Waals surface area contributed by atoms with Gasteiger partial charge >= 0.3 is 33.7 Å². The van der Waals surface area contributed by atoms with Gasteiger partial charge in [-0.1, -0.05) is 70.0 Å². The van der Waals surface area contributed by atoms with E-state index >= 15 is 0 Å². The summed E-state index contributed by atoms with van der Waals surface area (Å²) in [6.45, 7) is 8.63. The summed E-state index contributed by atoms with van der Waals surface area (Å²) in [6, 6.07) is 21.3. The summed E-state index contributed by atoms with van der Waals surface area (Å²) in [5.41, 5.74) is 6.73. The molecule has 4 heteroatoms. The fourth-order valence-corrected chi connectivity index (χ4v) is 3.28. The molecular formula is C26H32Cl2GeZr-4. The molecule has 0 saturated carbocycles. The third-order valence-electron chi connectivity index (χ3n) is 4.68. The monoisotopic (exact) mass is 578 g/mol. The van der Waals surface area contributed by atoms with Crippen molar-refractivity contribution in [1.82, 2.24) is 0 Å². The van der Waals surface area contributed by atoms with E-state index < -0.39 is 0 Å². The van der Waals surface area contributed by atoms with E-state index in [1.807, 2.05) is 6.07 Å². The number of aryl methyl sites for hydroxylation is 2. The van der Waals surface area contributed by atoms with E-state index in [9.17, 15) is 0 Å². The van der Waals surface area contributed by atoms with E-state index in [4.69, 9.17) is 0 Å². The van der Waals surface area contributed by atoms with E-state index in [1.54, 1.807) is 21.6 Å². The van der Waals surface area contributed by atoms with Crippen LogP contribution in [0.25, 0.3) is 16.3 Å². The summed E-state index contributed by atoms with van der Waals surface area (Å²) in [6.07, 6.45) is 5.66. The van der Waals surface area contributed by atoms with Crippen LogP contribution >= 0.6 is 24.8 Å². The van der Waals surface area contributed by atoms with Gasteiger partial charge in [-0.3, -0.25) is 6.08 Å². The molecular weight excluding hydrogens is 547 g/mol. The van der Waals surface area contributed by atoms with E-state index in [0.29, 0.717) is 5.92 Å². The SMILES string of the molecule is CC1=[C-]C(C)C=C1c1ccccc1.Cc1[cH-]c2ccccc2c1C.Cl.Cl.[CH3-].[CH3-].[Ge]=[Zr]. The van der Waals surface area contributed by atoms with E-state index in [2.05, 4.69) is 107 Å². The molecule has 4 rings (SSSR count). The molecule has 1 atom stereocenters. The molecule has 1 aliphatic carbocycles. The molecule has 30 heavy (non-hydrogen) atoms. The first-order chi connectivity index (χ1) is 12.6. The molecule has 0 fully saturated rings. The Morgan fingerprint density at radius 2 is 1.40 bits per heavy atom. The van der Waals surface area contributed by atoms with Crippen LogP contribution in [0.4, 0.5) is 0 Å². The number of rotatable bonds is 1. The average Bonchev–Trinajstić information content (AvgIpc) is 3.16. The van der Waals surface area contributed by atoms with Gasteiger partial charge in [0.15, 0.2) is 0 Å². The Morgan fingerprint density at radius 3 is 1.90 bits per heavy atom. The fraction of sp³-hybridized carbons (Fsp3) is 0.192. The summed E-state index contributed by atoms with van der Waals surface area (Å²) >= 11 is 3.64. The van der Waals surface area contributed by atoms with Gasteiger partial charge in [-0.2, -0.15) is 17.2 Å². The van der Waals surface area contributed by atoms with Gasteiger partial charge in [0.2, 0.25) is 0 Å². The molecule has 0 nitrogen and oxygen atoms in total. The predicted octanol–water partition coefficient (Wildman–Crippen LogP) is 8.01. The normalized spacial score (nSPS) is 13.2. The van der Waals surface area contributed by atoms with Crippen molar-refractivity contribution in [2.24, 2.45) is 5.92 Å². The van der Waals surface area contributed by atoms with Gasteiger partial charge in [-0.25, -0.2) is 5.57 Å². The van der Waals surface area contributed by atoms with Gasteiger partial charge < -0.3 is 14.9 Å². The zero-order valence-electron chi connectivity index (χ0n) is 18.7. The minimum atomic E-state index is 0. The summed E-state index contributed by atoms with van der Waals surface area (Å²) in [5, 5.41) is 2.76. The van der Waals surface area contributed by atoms with Gasteiger partial charge in [0.05, 0.1) is 0 Å².